The highest BCUT2D eigenvalue weighted by Crippen LogP contribution is 2.36. The number of aryl methyl sites for hydroxylation is 1. The van der Waals surface area contributed by atoms with Crippen LogP contribution in [0.1, 0.15) is 16.9 Å². The molecule has 0 amide bonds. The van der Waals surface area contributed by atoms with Crippen LogP contribution in [-0.4, -0.2) is 12.3 Å². The van der Waals surface area contributed by atoms with Crippen LogP contribution in [0.4, 0.5) is 0 Å². The molecule has 0 bridgehead atoms. The van der Waals surface area contributed by atoms with E-state index in [4.69, 9.17) is 0 Å². The maximum absolute atomic E-state index is 3.33. The Bertz CT molecular complexity index is 454. The number of hydrogen-bond acceptors (Lipinski definition) is 0. The van der Waals surface area contributed by atoms with Crippen LogP contribution in [-0.2, 0) is 0 Å². The fourth-order valence-electron chi connectivity index (χ4n) is 1.89. The Hall–Kier alpha value is -1.18. The Labute approximate surface area is 78.4 Å². The van der Waals surface area contributed by atoms with Crippen molar-refractivity contribution in [3.63, 3.8) is 0 Å². The van der Waals surface area contributed by atoms with Gasteiger partial charge in [-0.25, -0.2) is 0 Å². The smallest absolute Gasteiger partial charge is 0.118 e. The van der Waals surface area contributed by atoms with Gasteiger partial charge < -0.3 is 4.98 Å². The Morgan fingerprint density at radius 2 is 2.31 bits per heavy atom. The van der Waals surface area contributed by atoms with E-state index in [-0.39, 0.29) is 0 Å². The largest absolute Gasteiger partial charge is 0.361 e. The highest BCUT2D eigenvalue weighted by molar-refractivity contribution is 6.51. The van der Waals surface area contributed by atoms with E-state index in [1.807, 2.05) is 0 Å². The van der Waals surface area contributed by atoms with Crippen LogP contribution in [0.25, 0.3) is 10.9 Å². The third-order valence-corrected chi connectivity index (χ3v) is 2.74. The maximum atomic E-state index is 3.33. The average Bonchev–Trinajstić information content (AvgIpc) is 2.87. The van der Waals surface area contributed by atoms with Crippen LogP contribution in [0, 0.1) is 6.92 Å². The molecule has 1 aromatic carbocycles. The summed E-state index contributed by atoms with van der Waals surface area (Å²) in [6.07, 6.45) is 3.40. The number of benzene rings is 1. The zero-order chi connectivity index (χ0) is 8.84. The molecule has 63 valence electrons. The summed E-state index contributed by atoms with van der Waals surface area (Å²) in [4.78, 5) is 3.33. The second kappa shape index (κ2) is 2.41. The van der Waals surface area contributed by atoms with Crippen LogP contribution in [0.5, 0.6) is 0 Å². The average molecular weight is 168 g/mol. The molecule has 2 heterocycles. The zero-order valence-corrected chi connectivity index (χ0v) is 7.67. The molecule has 1 aliphatic heterocycles. The fraction of sp³-hybridized carbons (Fsp3) is 0.273. The maximum Gasteiger partial charge on any atom is 0.118 e. The predicted molar refractivity (Wildman–Crippen MR) is 56.3 cm³/mol. The molecule has 1 nitrogen and oxygen atoms in total. The van der Waals surface area contributed by atoms with Gasteiger partial charge in [-0.1, -0.05) is 18.5 Å². The third-order valence-electron chi connectivity index (χ3n) is 2.74. The van der Waals surface area contributed by atoms with Crippen LogP contribution < -0.4 is 0 Å². The van der Waals surface area contributed by atoms with Gasteiger partial charge in [0.25, 0.3) is 0 Å². The van der Waals surface area contributed by atoms with Gasteiger partial charge >= 0.3 is 0 Å². The first-order valence-electron chi connectivity index (χ1n) is 4.75. The Morgan fingerprint density at radius 3 is 3.08 bits per heavy atom. The molecular weight excluding hydrogens is 157 g/mol. The third kappa shape index (κ3) is 1.09. The van der Waals surface area contributed by atoms with E-state index in [2.05, 4.69) is 43.6 Å². The van der Waals surface area contributed by atoms with Gasteiger partial charge in [-0.3, -0.25) is 0 Å². The quantitative estimate of drug-likeness (QED) is 0.630. The van der Waals surface area contributed by atoms with Gasteiger partial charge in [0.15, 0.2) is 0 Å². The summed E-state index contributed by atoms with van der Waals surface area (Å²) in [6, 6.07) is 6.62. The van der Waals surface area contributed by atoms with Crippen molar-refractivity contribution in [2.45, 2.75) is 19.1 Å². The van der Waals surface area contributed by atoms with Crippen molar-refractivity contribution in [1.82, 2.24) is 4.98 Å². The summed E-state index contributed by atoms with van der Waals surface area (Å²) in [6.45, 7) is 2.13. The van der Waals surface area contributed by atoms with Crippen molar-refractivity contribution in [3.8, 4) is 0 Å². The molecule has 0 spiro atoms. The van der Waals surface area contributed by atoms with Gasteiger partial charge in [0.2, 0.25) is 0 Å². The molecule has 1 saturated heterocycles. The molecule has 3 rings (SSSR count). The van der Waals surface area contributed by atoms with Crippen molar-refractivity contribution < 1.29 is 0 Å². The number of nitrogens with one attached hydrogen (secondary N) is 1. The lowest BCUT2D eigenvalue weighted by molar-refractivity contribution is 1.23. The van der Waals surface area contributed by atoms with E-state index in [0.717, 1.165) is 5.82 Å². The van der Waals surface area contributed by atoms with Crippen molar-refractivity contribution in [3.05, 3.63) is 35.5 Å². The second-order valence-corrected chi connectivity index (χ2v) is 3.87. The lowest BCUT2D eigenvalue weighted by atomic mass is 9.96. The first-order chi connectivity index (χ1) is 6.34. The summed E-state index contributed by atoms with van der Waals surface area (Å²) < 4.78 is 0. The van der Waals surface area contributed by atoms with Gasteiger partial charge in [0.05, 0.1) is 0 Å². The molecule has 0 saturated carbocycles. The molecular formula is C11H11BN. The molecule has 1 atom stereocenters. The molecule has 0 aliphatic carbocycles. The number of aromatic nitrogens is 1. The molecule has 1 aromatic heterocycles. The van der Waals surface area contributed by atoms with E-state index in [1.165, 1.54) is 28.4 Å². The standard InChI is InChI=1S/C11H11BN/c1-7-2-3-8-9(10-5-12-10)6-13-11(8)4-7/h2-4,6,10,13H,5H2,1H3. The summed E-state index contributed by atoms with van der Waals surface area (Å²) in [5.74, 6) is 0.719. The van der Waals surface area contributed by atoms with Gasteiger partial charge in [0.1, 0.15) is 7.28 Å². The Morgan fingerprint density at radius 1 is 1.46 bits per heavy atom. The molecule has 13 heavy (non-hydrogen) atoms. The topological polar surface area (TPSA) is 15.8 Å². The lowest BCUT2D eigenvalue weighted by Crippen LogP contribution is -1.77. The van der Waals surface area contributed by atoms with Crippen molar-refractivity contribution in [2.24, 2.45) is 0 Å². The van der Waals surface area contributed by atoms with Crippen LogP contribution in [0.15, 0.2) is 24.4 Å². The van der Waals surface area contributed by atoms with E-state index in [0.29, 0.717) is 0 Å². The Kier molecular flexibility index (Phi) is 1.34. The number of rotatable bonds is 1. The molecule has 1 radical (unpaired) electrons. The van der Waals surface area contributed by atoms with Crippen molar-refractivity contribution in [2.75, 3.05) is 0 Å². The SMILES string of the molecule is Cc1ccc2c(C3[B]C3)c[nH]c2c1. The minimum atomic E-state index is 0.719. The minimum Gasteiger partial charge on any atom is -0.361 e. The molecule has 1 aliphatic rings. The van der Waals surface area contributed by atoms with Gasteiger partial charge in [-0.15, -0.1) is 0 Å². The van der Waals surface area contributed by atoms with E-state index in [1.54, 1.807) is 0 Å². The summed E-state index contributed by atoms with van der Waals surface area (Å²) >= 11 is 0. The monoisotopic (exact) mass is 168 g/mol. The molecule has 1 N–H and O–H groups in total. The van der Waals surface area contributed by atoms with Crippen LogP contribution in [0.3, 0.4) is 0 Å². The van der Waals surface area contributed by atoms with Crippen molar-refractivity contribution in [1.29, 1.82) is 0 Å². The first-order valence-corrected chi connectivity index (χ1v) is 4.75. The molecule has 2 heteroatoms. The summed E-state index contributed by atoms with van der Waals surface area (Å²) in [7, 11) is 2.35. The van der Waals surface area contributed by atoms with Gasteiger partial charge in [-0.2, -0.15) is 0 Å². The number of fused-ring (bicyclic) bond motifs is 1. The summed E-state index contributed by atoms with van der Waals surface area (Å²) in [5, 5.41) is 1.39. The fourth-order valence-corrected chi connectivity index (χ4v) is 1.89. The van der Waals surface area contributed by atoms with E-state index >= 15 is 0 Å². The van der Waals surface area contributed by atoms with E-state index in [9.17, 15) is 0 Å². The van der Waals surface area contributed by atoms with Gasteiger partial charge in [-0.05, 0) is 29.9 Å². The second-order valence-electron chi connectivity index (χ2n) is 3.87. The zero-order valence-electron chi connectivity index (χ0n) is 7.67. The Balaban J connectivity index is 2.26. The normalized spacial score (nSPS) is 20.2. The molecule has 1 fully saturated rings. The van der Waals surface area contributed by atoms with E-state index < -0.39 is 0 Å². The highest BCUT2D eigenvalue weighted by Gasteiger charge is 2.27. The lowest BCUT2D eigenvalue weighted by Gasteiger charge is -1.96. The molecule has 1 unspecified atom stereocenters. The van der Waals surface area contributed by atoms with Crippen LogP contribution >= 0.6 is 0 Å². The molecule has 2 aromatic rings. The number of aromatic amines is 1. The highest BCUT2D eigenvalue weighted by atomic mass is 14.7. The summed E-state index contributed by atoms with van der Waals surface area (Å²) in [5.41, 5.74) is 4.06. The number of H-pyrrole nitrogens is 1. The number of hydrogen-bond donors (Lipinski definition) is 1. The minimum absolute atomic E-state index is 0.719. The first kappa shape index (κ1) is 7.25. The van der Waals surface area contributed by atoms with Gasteiger partial charge in [0, 0.05) is 17.1 Å². The van der Waals surface area contributed by atoms with Crippen molar-refractivity contribution >= 4 is 18.2 Å². The predicted octanol–water partition coefficient (Wildman–Crippen LogP) is 2.65. The van der Waals surface area contributed by atoms with Crippen LogP contribution in [0.2, 0.25) is 6.32 Å².